The van der Waals surface area contributed by atoms with Crippen LogP contribution in [0.3, 0.4) is 0 Å². The minimum atomic E-state index is -4.70. The molecular weight excluding hydrogens is 579 g/mol. The molecule has 0 heterocycles. The van der Waals surface area contributed by atoms with Crippen LogP contribution in [0.2, 0.25) is 0 Å². The minimum Gasteiger partial charge on any atom is -0.383 e. The number of sulfonamides is 1. The fourth-order valence-corrected chi connectivity index (χ4v) is 6.42. The normalized spacial score (nSPS) is 15.9. The third kappa shape index (κ3) is 8.76. The zero-order chi connectivity index (χ0) is 31.0. The molecule has 0 aromatic heterocycles. The van der Waals surface area contributed by atoms with Crippen molar-refractivity contribution in [1.29, 1.82) is 0 Å². The maximum absolute atomic E-state index is 13.3. The summed E-state index contributed by atoms with van der Waals surface area (Å²) in [6, 6.07) is 16.9. The predicted octanol–water partition coefficient (Wildman–Crippen LogP) is 5.56. The van der Waals surface area contributed by atoms with Crippen molar-refractivity contribution < 1.29 is 31.1 Å². The quantitative estimate of drug-likeness (QED) is 0.219. The number of halogens is 3. The van der Waals surface area contributed by atoms with Gasteiger partial charge < -0.3 is 15.4 Å². The molecular formula is C32H36F3N3O4S. The number of methoxy groups -OCH3 is 1. The first-order valence-electron chi connectivity index (χ1n) is 14.0. The van der Waals surface area contributed by atoms with Crippen molar-refractivity contribution in [3.8, 4) is 0 Å². The Labute approximate surface area is 250 Å². The van der Waals surface area contributed by atoms with Crippen molar-refractivity contribution in [3.63, 3.8) is 0 Å². The summed E-state index contributed by atoms with van der Waals surface area (Å²) in [6.45, 7) is 6.13. The molecule has 0 spiro atoms. The van der Waals surface area contributed by atoms with E-state index in [1.54, 1.807) is 37.4 Å². The number of aryl methyl sites for hydroxylation is 1. The van der Waals surface area contributed by atoms with E-state index in [9.17, 15) is 26.4 Å². The molecule has 0 aliphatic heterocycles. The average molecular weight is 616 g/mol. The number of hydrogen-bond donors (Lipinski definition) is 3. The molecule has 0 radical (unpaired) electrons. The molecule has 0 fully saturated rings. The maximum atomic E-state index is 13.3. The van der Waals surface area contributed by atoms with Crippen molar-refractivity contribution in [1.82, 2.24) is 15.4 Å². The Balaban J connectivity index is 1.48. The lowest BCUT2D eigenvalue weighted by atomic mass is 9.85. The first kappa shape index (κ1) is 32.4. The summed E-state index contributed by atoms with van der Waals surface area (Å²) in [6.07, 6.45) is -2.48. The van der Waals surface area contributed by atoms with Crippen LogP contribution in [0.25, 0.3) is 5.57 Å². The van der Waals surface area contributed by atoms with E-state index < -0.39 is 32.7 Å². The molecule has 230 valence electrons. The van der Waals surface area contributed by atoms with Gasteiger partial charge in [0.15, 0.2) is 0 Å². The summed E-state index contributed by atoms with van der Waals surface area (Å²) < 4.78 is 73.6. The van der Waals surface area contributed by atoms with Crippen LogP contribution in [0.1, 0.15) is 59.2 Å². The first-order valence-corrected chi connectivity index (χ1v) is 15.5. The summed E-state index contributed by atoms with van der Waals surface area (Å²) >= 11 is 0. The van der Waals surface area contributed by atoms with Gasteiger partial charge in [-0.25, -0.2) is 13.1 Å². The molecule has 0 saturated carbocycles. The maximum Gasteiger partial charge on any atom is 0.416 e. The SMILES string of the molecule is C=C(CNCCOC)c1ccc2c(c1)CCC[C@H]2NC(=O)C[C@@H](NS(=O)(=O)c1cccc(C(F)(F)F)c1)c1ccccc1. The standard InChI is InChI=1S/C32H36F3N3O4S/c1-22(21-36-16-17-42-2)24-14-15-28-25(18-24)10-6-13-29(28)37-31(39)20-30(23-8-4-3-5-9-23)38-43(40,41)27-12-7-11-26(19-27)32(33,34)35/h3-5,7-9,11-12,14-15,18-19,29-30,36,38H,1,6,10,13,16-17,20-21H2,2H3,(H,37,39)/t29-,30-/m1/s1. The van der Waals surface area contributed by atoms with Gasteiger partial charge in [0, 0.05) is 26.6 Å². The van der Waals surface area contributed by atoms with Gasteiger partial charge >= 0.3 is 6.18 Å². The molecule has 1 aliphatic rings. The van der Waals surface area contributed by atoms with Gasteiger partial charge in [-0.1, -0.05) is 61.2 Å². The highest BCUT2D eigenvalue weighted by Crippen LogP contribution is 2.33. The highest BCUT2D eigenvalue weighted by Gasteiger charge is 2.33. The number of fused-ring (bicyclic) bond motifs is 1. The molecule has 0 unspecified atom stereocenters. The van der Waals surface area contributed by atoms with Crippen molar-refractivity contribution in [2.45, 2.75) is 48.8 Å². The van der Waals surface area contributed by atoms with Gasteiger partial charge in [-0.2, -0.15) is 13.2 Å². The number of carbonyl (C=O) groups is 1. The van der Waals surface area contributed by atoms with Gasteiger partial charge in [0.25, 0.3) is 0 Å². The van der Waals surface area contributed by atoms with Gasteiger partial charge in [0.1, 0.15) is 0 Å². The second kappa shape index (κ2) is 14.3. The summed E-state index contributed by atoms with van der Waals surface area (Å²) in [5, 5.41) is 6.34. The van der Waals surface area contributed by atoms with Crippen LogP contribution in [0.5, 0.6) is 0 Å². The van der Waals surface area contributed by atoms with E-state index >= 15 is 0 Å². The van der Waals surface area contributed by atoms with Gasteiger partial charge in [-0.05, 0) is 65.3 Å². The van der Waals surface area contributed by atoms with Gasteiger partial charge in [0.2, 0.25) is 15.9 Å². The third-order valence-corrected chi connectivity index (χ3v) is 8.85. The number of benzene rings is 3. The lowest BCUT2D eigenvalue weighted by Gasteiger charge is -2.28. The summed E-state index contributed by atoms with van der Waals surface area (Å²) in [4.78, 5) is 12.8. The van der Waals surface area contributed by atoms with Crippen LogP contribution in [0.15, 0.2) is 84.3 Å². The molecule has 2 atom stereocenters. The first-order chi connectivity index (χ1) is 20.5. The zero-order valence-electron chi connectivity index (χ0n) is 23.9. The van der Waals surface area contributed by atoms with Gasteiger partial charge in [-0.3, -0.25) is 4.79 Å². The van der Waals surface area contributed by atoms with Crippen molar-refractivity contribution >= 4 is 21.5 Å². The molecule has 7 nitrogen and oxygen atoms in total. The topological polar surface area (TPSA) is 96.5 Å². The number of carbonyl (C=O) groups excluding carboxylic acids is 1. The van der Waals surface area contributed by atoms with Crippen LogP contribution in [0.4, 0.5) is 13.2 Å². The van der Waals surface area contributed by atoms with E-state index in [1.165, 1.54) is 0 Å². The molecule has 0 bridgehead atoms. The Morgan fingerprint density at radius 2 is 1.84 bits per heavy atom. The fourth-order valence-electron chi connectivity index (χ4n) is 5.15. The lowest BCUT2D eigenvalue weighted by molar-refractivity contribution is -0.137. The lowest BCUT2D eigenvalue weighted by Crippen LogP contribution is -2.36. The molecule has 0 saturated heterocycles. The van der Waals surface area contributed by atoms with E-state index in [1.807, 2.05) is 12.1 Å². The Kier molecular flexibility index (Phi) is 10.8. The second-order valence-corrected chi connectivity index (χ2v) is 12.2. The summed E-state index contributed by atoms with van der Waals surface area (Å²) in [5.74, 6) is -0.380. The molecule has 3 aromatic rings. The monoisotopic (exact) mass is 615 g/mol. The highest BCUT2D eigenvalue weighted by atomic mass is 32.2. The van der Waals surface area contributed by atoms with Crippen molar-refractivity contribution in [2.75, 3.05) is 26.8 Å². The molecule has 4 rings (SSSR count). The smallest absolute Gasteiger partial charge is 0.383 e. The van der Waals surface area contributed by atoms with Crippen LogP contribution in [0, 0.1) is 0 Å². The average Bonchev–Trinajstić information content (AvgIpc) is 2.99. The number of hydrogen-bond acceptors (Lipinski definition) is 5. The van der Waals surface area contributed by atoms with E-state index in [-0.39, 0.29) is 18.4 Å². The molecule has 3 aromatic carbocycles. The predicted molar refractivity (Wildman–Crippen MR) is 160 cm³/mol. The summed E-state index contributed by atoms with van der Waals surface area (Å²) in [5.41, 5.74) is 3.53. The van der Waals surface area contributed by atoms with Crippen molar-refractivity contribution in [2.24, 2.45) is 0 Å². The van der Waals surface area contributed by atoms with Crippen LogP contribution >= 0.6 is 0 Å². The minimum absolute atomic E-state index is 0.240. The number of ether oxygens (including phenoxy) is 1. The van der Waals surface area contributed by atoms with Gasteiger partial charge in [0.05, 0.1) is 29.1 Å². The number of nitrogens with one attached hydrogen (secondary N) is 3. The zero-order valence-corrected chi connectivity index (χ0v) is 24.7. The largest absolute Gasteiger partial charge is 0.416 e. The van der Waals surface area contributed by atoms with E-state index in [2.05, 4.69) is 28.0 Å². The number of alkyl halides is 3. The fraction of sp³-hybridized carbons (Fsp3) is 0.344. The molecule has 43 heavy (non-hydrogen) atoms. The second-order valence-electron chi connectivity index (χ2n) is 10.5. The van der Waals surface area contributed by atoms with E-state index in [4.69, 9.17) is 4.74 Å². The number of rotatable bonds is 13. The van der Waals surface area contributed by atoms with Gasteiger partial charge in [-0.15, -0.1) is 0 Å². The molecule has 1 aliphatic carbocycles. The summed E-state index contributed by atoms with van der Waals surface area (Å²) in [7, 11) is -2.74. The van der Waals surface area contributed by atoms with Crippen LogP contribution < -0.4 is 15.4 Å². The Hall–Kier alpha value is -3.51. The number of amides is 1. The molecule has 1 amide bonds. The Bertz CT molecular complexity index is 1530. The van der Waals surface area contributed by atoms with Crippen LogP contribution in [-0.4, -0.2) is 41.1 Å². The Morgan fingerprint density at radius 3 is 2.56 bits per heavy atom. The van der Waals surface area contributed by atoms with Crippen LogP contribution in [-0.2, 0) is 32.2 Å². The molecule has 11 heteroatoms. The van der Waals surface area contributed by atoms with E-state index in [0.29, 0.717) is 31.3 Å². The highest BCUT2D eigenvalue weighted by molar-refractivity contribution is 7.89. The molecule has 3 N–H and O–H groups in total. The Morgan fingerprint density at radius 1 is 1.07 bits per heavy atom. The van der Waals surface area contributed by atoms with E-state index in [0.717, 1.165) is 59.7 Å². The third-order valence-electron chi connectivity index (χ3n) is 7.38. The van der Waals surface area contributed by atoms with Crippen molar-refractivity contribution in [3.05, 3.63) is 107 Å².